The van der Waals surface area contributed by atoms with E-state index in [0.717, 1.165) is 4.64 Å². The molecule has 1 N–H and O–H groups in total. The van der Waals surface area contributed by atoms with Crippen molar-refractivity contribution in [1.82, 2.24) is 9.55 Å². The highest BCUT2D eigenvalue weighted by molar-refractivity contribution is 14.2. The molecule has 0 amide bonds. The lowest BCUT2D eigenvalue weighted by Crippen LogP contribution is -1.76. The third kappa shape index (κ3) is 1.53. The van der Waals surface area contributed by atoms with Crippen LogP contribution in [-0.2, 0) is 0 Å². The van der Waals surface area contributed by atoms with E-state index >= 15 is 0 Å². The fourth-order valence-electron chi connectivity index (χ4n) is 0.385. The van der Waals surface area contributed by atoms with Crippen molar-refractivity contribution in [2.24, 2.45) is 0 Å². The molecular formula is C3H4IN2PS. The maximum absolute atomic E-state index is 4.82. The normalized spacial score (nSPS) is 11.1. The van der Waals surface area contributed by atoms with Crippen molar-refractivity contribution in [3.05, 3.63) is 16.9 Å². The number of H-pyrrole nitrogens is 1. The number of nitrogens with zero attached hydrogens (tertiary/aromatic N) is 1. The van der Waals surface area contributed by atoms with Crippen LogP contribution < -0.4 is 0 Å². The minimum absolute atomic E-state index is 0.715. The van der Waals surface area contributed by atoms with Gasteiger partial charge in [-0.05, 0) is 28.1 Å². The topological polar surface area (TPSA) is 20.7 Å². The Labute approximate surface area is 67.0 Å². The molecule has 0 fully saturated rings. The largest absolute Gasteiger partial charge is 0.285 e. The summed E-state index contributed by atoms with van der Waals surface area (Å²) >= 11 is 7.10. The van der Waals surface area contributed by atoms with Crippen molar-refractivity contribution in [2.45, 2.75) is 0 Å². The molecule has 1 aromatic heterocycles. The third-order valence-electron chi connectivity index (χ3n) is 0.697. The maximum Gasteiger partial charge on any atom is 0.119 e. The lowest BCUT2D eigenvalue weighted by Gasteiger charge is -1.88. The molecule has 0 aromatic carbocycles. The van der Waals surface area contributed by atoms with Gasteiger partial charge in [-0.1, -0.05) is 12.2 Å². The number of rotatable bonds is 1. The van der Waals surface area contributed by atoms with E-state index in [2.05, 4.69) is 27.1 Å². The van der Waals surface area contributed by atoms with Crippen molar-refractivity contribution in [1.29, 1.82) is 0 Å². The van der Waals surface area contributed by atoms with Crippen LogP contribution in [0.3, 0.4) is 0 Å². The van der Waals surface area contributed by atoms with E-state index in [1.807, 2.05) is 16.7 Å². The second-order valence-electron chi connectivity index (χ2n) is 1.25. The first kappa shape index (κ1) is 6.71. The number of hydrogen-bond donors (Lipinski definition) is 1. The minimum atomic E-state index is 0.715. The summed E-state index contributed by atoms with van der Waals surface area (Å²) in [4.78, 5) is 0. The molecule has 1 atom stereocenters. The van der Waals surface area contributed by atoms with Crippen molar-refractivity contribution >= 4 is 40.6 Å². The molecule has 0 radical (unpaired) electrons. The van der Waals surface area contributed by atoms with Gasteiger partial charge in [-0.25, -0.2) is 0 Å². The van der Waals surface area contributed by atoms with Crippen LogP contribution in [0.1, 0.15) is 0 Å². The maximum atomic E-state index is 4.82. The van der Waals surface area contributed by atoms with Gasteiger partial charge in [0.1, 0.15) is 4.64 Å². The lowest BCUT2D eigenvalue weighted by molar-refractivity contribution is 1.00. The quantitative estimate of drug-likeness (QED) is 0.465. The van der Waals surface area contributed by atoms with E-state index < -0.39 is 0 Å². The monoisotopic (exact) mass is 258 g/mol. The minimum Gasteiger partial charge on any atom is -0.285 e. The number of halogens is 1. The molecule has 0 bridgehead atoms. The second kappa shape index (κ2) is 2.94. The zero-order valence-corrected chi connectivity index (χ0v) is 7.86. The van der Waals surface area contributed by atoms with Crippen LogP contribution >= 0.6 is 40.6 Å². The van der Waals surface area contributed by atoms with Gasteiger partial charge in [-0.2, -0.15) is 0 Å². The average molecular weight is 258 g/mol. The first-order valence-corrected chi connectivity index (χ1v) is 6.44. The van der Waals surface area contributed by atoms with E-state index in [1.54, 1.807) is 0 Å². The fourth-order valence-corrected chi connectivity index (χ4v) is 1.76. The molecule has 0 saturated heterocycles. The highest BCUT2D eigenvalue weighted by Crippen LogP contribution is 2.20. The Morgan fingerprint density at radius 2 is 2.62 bits per heavy atom. The Morgan fingerprint density at radius 3 is 2.88 bits per heavy atom. The van der Waals surface area contributed by atoms with Gasteiger partial charge in [0.2, 0.25) is 0 Å². The molecule has 8 heavy (non-hydrogen) atoms. The molecular weight excluding hydrogens is 254 g/mol. The molecule has 1 heterocycles. The zero-order chi connectivity index (χ0) is 5.98. The van der Waals surface area contributed by atoms with Crippen LogP contribution in [0.25, 0.3) is 0 Å². The molecule has 1 aromatic rings. The van der Waals surface area contributed by atoms with Crippen LogP contribution in [-0.4, -0.2) is 9.55 Å². The fraction of sp³-hybridized carbons (Fsp3) is 0. The van der Waals surface area contributed by atoms with Gasteiger partial charge in [-0.3, -0.25) is 9.55 Å². The summed E-state index contributed by atoms with van der Waals surface area (Å²) in [7, 11) is 0. The van der Waals surface area contributed by atoms with E-state index in [9.17, 15) is 0 Å². The lowest BCUT2D eigenvalue weighted by atomic mass is 10.8. The van der Waals surface area contributed by atoms with Crippen molar-refractivity contribution in [2.75, 3.05) is 0 Å². The van der Waals surface area contributed by atoms with Gasteiger partial charge >= 0.3 is 0 Å². The molecule has 5 heteroatoms. The molecule has 44 valence electrons. The van der Waals surface area contributed by atoms with Crippen LogP contribution in [0.5, 0.6) is 0 Å². The Morgan fingerprint density at radius 1 is 1.88 bits per heavy atom. The van der Waals surface area contributed by atoms with Crippen LogP contribution in [0.15, 0.2) is 12.3 Å². The number of hydrogen-bond acceptors (Lipinski definition) is 1. The molecule has 0 aliphatic carbocycles. The zero-order valence-electron chi connectivity index (χ0n) is 3.89. The summed E-state index contributed by atoms with van der Waals surface area (Å²) in [6.07, 6.45) is 2.65. The van der Waals surface area contributed by atoms with E-state index in [0.29, 0.717) is 6.37 Å². The molecule has 1 unspecified atom stereocenters. The molecule has 0 aliphatic rings. The predicted molar refractivity (Wildman–Crippen MR) is 47.3 cm³/mol. The smallest absolute Gasteiger partial charge is 0.119 e. The highest BCUT2D eigenvalue weighted by Gasteiger charge is 1.81. The summed E-state index contributed by atoms with van der Waals surface area (Å²) in [5, 5.41) is 2.96. The van der Waals surface area contributed by atoms with Crippen LogP contribution in [0.2, 0.25) is 0 Å². The summed E-state index contributed by atoms with van der Waals surface area (Å²) in [6.45, 7) is 0. The first-order valence-electron chi connectivity index (χ1n) is 1.97. The van der Waals surface area contributed by atoms with Crippen LogP contribution in [0.4, 0.5) is 0 Å². The summed E-state index contributed by atoms with van der Waals surface area (Å²) in [5.74, 6) is 0. The van der Waals surface area contributed by atoms with E-state index in [4.69, 9.17) is 12.2 Å². The second-order valence-corrected chi connectivity index (χ2v) is 3.78. The Kier molecular flexibility index (Phi) is 2.46. The average Bonchev–Trinajstić information content (AvgIpc) is 2.14. The number of aromatic amines is 1. The van der Waals surface area contributed by atoms with Crippen molar-refractivity contribution in [3.8, 4) is 0 Å². The van der Waals surface area contributed by atoms with Crippen LogP contribution in [0, 0.1) is 4.64 Å². The molecule has 0 saturated carbocycles. The van der Waals surface area contributed by atoms with Crippen molar-refractivity contribution in [3.63, 3.8) is 0 Å². The molecule has 1 rings (SSSR count). The Balaban J connectivity index is 3.01. The summed E-state index contributed by atoms with van der Waals surface area (Å²) in [6, 6.07) is 1.88. The van der Waals surface area contributed by atoms with Gasteiger partial charge in [0.25, 0.3) is 0 Å². The van der Waals surface area contributed by atoms with Gasteiger partial charge in [-0.15, -0.1) is 0 Å². The van der Waals surface area contributed by atoms with Crippen molar-refractivity contribution < 1.29 is 0 Å². The highest BCUT2D eigenvalue weighted by atomic mass is 127. The Hall–Kier alpha value is 0.590. The summed E-state index contributed by atoms with van der Waals surface area (Å²) in [5.41, 5.74) is 0. The number of nitrogens with one attached hydrogen (secondary N) is 1. The molecule has 0 spiro atoms. The Bertz CT molecular complexity index is 217. The molecule has 0 aliphatic heterocycles. The van der Waals surface area contributed by atoms with E-state index in [1.165, 1.54) is 0 Å². The predicted octanol–water partition coefficient (Wildman–Crippen LogP) is 2.34. The SMILES string of the molecule is S=c1ccn(PI)[nH]1. The van der Waals surface area contributed by atoms with Gasteiger partial charge in [0.05, 0.1) is 6.37 Å². The standard InChI is InChI=1S/C3H4IN2PS/c4-7-6-2-1-3(8)5-6/h1-2,7H,(H,5,8). The van der Waals surface area contributed by atoms with Gasteiger partial charge in [0.15, 0.2) is 0 Å². The first-order chi connectivity index (χ1) is 3.83. The van der Waals surface area contributed by atoms with E-state index in [-0.39, 0.29) is 0 Å². The van der Waals surface area contributed by atoms with Gasteiger partial charge < -0.3 is 0 Å². The number of aromatic nitrogens is 2. The molecule has 2 nitrogen and oxygen atoms in total. The van der Waals surface area contributed by atoms with Gasteiger partial charge in [0, 0.05) is 6.20 Å². The summed E-state index contributed by atoms with van der Waals surface area (Å²) < 4.78 is 2.75. The third-order valence-corrected chi connectivity index (χ3v) is 2.93.